The molecule has 6 heteroatoms. The largest absolute Gasteiger partial charge is 0.379 e. The number of nitrogens with zero attached hydrogens (tertiary/aromatic N) is 2. The van der Waals surface area contributed by atoms with Crippen molar-refractivity contribution in [3.05, 3.63) is 43.0 Å². The number of para-hydroxylation sites is 2. The van der Waals surface area contributed by atoms with Gasteiger partial charge in [-0.15, -0.1) is 0 Å². The number of nitrogens with one attached hydrogen (secondary N) is 1. The van der Waals surface area contributed by atoms with Crippen LogP contribution in [0.4, 0.5) is 5.69 Å². The van der Waals surface area contributed by atoms with Crippen LogP contribution in [-0.2, 0) is 9.53 Å². The molecule has 2 heterocycles. The Morgan fingerprint density at radius 1 is 1.40 bits per heavy atom. The van der Waals surface area contributed by atoms with Crippen LogP contribution >= 0.6 is 0 Å². The lowest BCUT2D eigenvalue weighted by atomic mass is 10.0. The van der Waals surface area contributed by atoms with Crippen LogP contribution < -0.4 is 11.1 Å². The summed E-state index contributed by atoms with van der Waals surface area (Å²) in [5.41, 5.74) is 7.46. The lowest BCUT2D eigenvalue weighted by Crippen LogP contribution is -2.37. The van der Waals surface area contributed by atoms with Gasteiger partial charge in [0.15, 0.2) is 0 Å². The minimum atomic E-state index is -0.300. The predicted molar refractivity (Wildman–Crippen MR) is 74.5 cm³/mol. The molecule has 3 N–H and O–H groups in total. The Hall–Kier alpha value is -2.18. The lowest BCUT2D eigenvalue weighted by molar-refractivity contribution is -0.120. The summed E-state index contributed by atoms with van der Waals surface area (Å²) in [4.78, 5) is 16.3. The summed E-state index contributed by atoms with van der Waals surface area (Å²) in [5, 5.41) is 2.92. The van der Waals surface area contributed by atoms with Gasteiger partial charge in [-0.05, 0) is 12.1 Å². The predicted octanol–water partition coefficient (Wildman–Crippen LogP) is 0.784. The van der Waals surface area contributed by atoms with E-state index in [1.54, 1.807) is 12.5 Å². The van der Waals surface area contributed by atoms with E-state index in [1.807, 2.05) is 35.0 Å². The summed E-state index contributed by atoms with van der Waals surface area (Å²) in [6.07, 6.45) is 5.21. The molecule has 1 aliphatic heterocycles. The third-order valence-electron chi connectivity index (χ3n) is 3.41. The zero-order chi connectivity index (χ0) is 13.9. The first kappa shape index (κ1) is 12.8. The van der Waals surface area contributed by atoms with Crippen molar-refractivity contribution < 1.29 is 9.53 Å². The maximum absolute atomic E-state index is 12.3. The summed E-state index contributed by atoms with van der Waals surface area (Å²) in [7, 11) is 0. The molecular formula is C14H16N4O2. The van der Waals surface area contributed by atoms with Crippen LogP contribution in [0.3, 0.4) is 0 Å². The molecule has 2 atom stereocenters. The van der Waals surface area contributed by atoms with Gasteiger partial charge in [-0.25, -0.2) is 4.98 Å². The van der Waals surface area contributed by atoms with E-state index in [-0.39, 0.29) is 17.9 Å². The molecule has 6 nitrogen and oxygen atoms in total. The first-order chi connectivity index (χ1) is 9.75. The van der Waals surface area contributed by atoms with E-state index in [4.69, 9.17) is 10.5 Å². The minimum Gasteiger partial charge on any atom is -0.379 e. The number of benzene rings is 1. The summed E-state index contributed by atoms with van der Waals surface area (Å²) in [6, 6.07) is 7.32. The molecule has 2 unspecified atom stereocenters. The Morgan fingerprint density at radius 3 is 2.95 bits per heavy atom. The molecule has 104 valence electrons. The van der Waals surface area contributed by atoms with E-state index in [2.05, 4.69) is 10.3 Å². The SMILES string of the molecule is NC1COCC1C(=O)Nc1ccccc1-n1ccnc1. The Balaban J connectivity index is 1.83. The maximum atomic E-state index is 12.3. The maximum Gasteiger partial charge on any atom is 0.231 e. The average Bonchev–Trinajstić information content (AvgIpc) is 3.10. The second-order valence-corrected chi connectivity index (χ2v) is 4.78. The number of imidazole rings is 1. The van der Waals surface area contributed by atoms with Crippen LogP contribution in [0.25, 0.3) is 5.69 Å². The second-order valence-electron chi connectivity index (χ2n) is 4.78. The molecule has 1 aromatic carbocycles. The summed E-state index contributed by atoms with van der Waals surface area (Å²) >= 11 is 0. The Kier molecular flexibility index (Phi) is 3.49. The number of hydrogen-bond acceptors (Lipinski definition) is 4. The number of rotatable bonds is 3. The van der Waals surface area contributed by atoms with Crippen molar-refractivity contribution in [1.29, 1.82) is 0 Å². The molecule has 0 aliphatic carbocycles. The molecule has 1 fully saturated rings. The molecule has 1 saturated heterocycles. The van der Waals surface area contributed by atoms with Crippen LogP contribution in [0, 0.1) is 5.92 Å². The molecule has 1 amide bonds. The van der Waals surface area contributed by atoms with Gasteiger partial charge in [0.25, 0.3) is 0 Å². The van der Waals surface area contributed by atoms with Crippen LogP contribution in [0.15, 0.2) is 43.0 Å². The van der Waals surface area contributed by atoms with E-state index in [9.17, 15) is 4.79 Å². The number of nitrogens with two attached hydrogens (primary N) is 1. The first-order valence-electron chi connectivity index (χ1n) is 6.47. The third kappa shape index (κ3) is 2.43. The number of hydrogen-bond donors (Lipinski definition) is 2. The van der Waals surface area contributed by atoms with Gasteiger partial charge in [-0.2, -0.15) is 0 Å². The van der Waals surface area contributed by atoms with Crippen molar-refractivity contribution in [2.24, 2.45) is 11.7 Å². The molecule has 3 rings (SSSR count). The van der Waals surface area contributed by atoms with Gasteiger partial charge in [-0.1, -0.05) is 12.1 Å². The summed E-state index contributed by atoms with van der Waals surface area (Å²) < 4.78 is 7.08. The number of aromatic nitrogens is 2. The zero-order valence-electron chi connectivity index (χ0n) is 10.9. The molecule has 2 aromatic rings. The van der Waals surface area contributed by atoms with Crippen LogP contribution in [0.1, 0.15) is 0 Å². The van der Waals surface area contributed by atoms with Gasteiger partial charge in [0.2, 0.25) is 5.91 Å². The highest BCUT2D eigenvalue weighted by atomic mass is 16.5. The minimum absolute atomic E-state index is 0.109. The molecule has 0 bridgehead atoms. The molecule has 0 radical (unpaired) electrons. The molecule has 20 heavy (non-hydrogen) atoms. The van der Waals surface area contributed by atoms with Crippen molar-refractivity contribution in [3.8, 4) is 5.69 Å². The fourth-order valence-corrected chi connectivity index (χ4v) is 2.27. The fourth-order valence-electron chi connectivity index (χ4n) is 2.27. The van der Waals surface area contributed by atoms with Gasteiger partial charge < -0.3 is 20.4 Å². The number of ether oxygens (including phenoxy) is 1. The highest BCUT2D eigenvalue weighted by Gasteiger charge is 2.31. The first-order valence-corrected chi connectivity index (χ1v) is 6.47. The monoisotopic (exact) mass is 272 g/mol. The van der Waals surface area contributed by atoms with Crippen LogP contribution in [0.5, 0.6) is 0 Å². The Labute approximate surface area is 116 Å². The molecule has 1 aromatic heterocycles. The molecular weight excluding hydrogens is 256 g/mol. The number of anilines is 1. The topological polar surface area (TPSA) is 82.2 Å². The van der Waals surface area contributed by atoms with Crippen LogP contribution in [-0.4, -0.2) is 34.7 Å². The van der Waals surface area contributed by atoms with Gasteiger partial charge in [0, 0.05) is 18.4 Å². The smallest absolute Gasteiger partial charge is 0.231 e. The van der Waals surface area contributed by atoms with Gasteiger partial charge in [-0.3, -0.25) is 4.79 Å². The van der Waals surface area contributed by atoms with Crippen molar-refractivity contribution in [3.63, 3.8) is 0 Å². The highest BCUT2D eigenvalue weighted by molar-refractivity contribution is 5.95. The lowest BCUT2D eigenvalue weighted by Gasteiger charge is -2.16. The standard InChI is InChI=1S/C14H16N4O2/c15-11-8-20-7-10(11)14(19)17-12-3-1-2-4-13(12)18-6-5-16-9-18/h1-6,9-11H,7-8,15H2,(H,17,19). The summed E-state index contributed by atoms with van der Waals surface area (Å²) in [6.45, 7) is 0.807. The van der Waals surface area contributed by atoms with Crippen molar-refractivity contribution >= 4 is 11.6 Å². The number of carbonyl (C=O) groups excluding carboxylic acids is 1. The van der Waals surface area contributed by atoms with E-state index in [0.717, 1.165) is 11.4 Å². The molecule has 0 saturated carbocycles. The Morgan fingerprint density at radius 2 is 2.25 bits per heavy atom. The van der Waals surface area contributed by atoms with E-state index in [0.29, 0.717) is 13.2 Å². The van der Waals surface area contributed by atoms with E-state index >= 15 is 0 Å². The Bertz CT molecular complexity index is 597. The normalized spacial score (nSPS) is 21.9. The third-order valence-corrected chi connectivity index (χ3v) is 3.41. The highest BCUT2D eigenvalue weighted by Crippen LogP contribution is 2.21. The van der Waals surface area contributed by atoms with Crippen molar-refractivity contribution in [1.82, 2.24) is 9.55 Å². The number of carbonyl (C=O) groups is 1. The van der Waals surface area contributed by atoms with Gasteiger partial charge in [0.1, 0.15) is 0 Å². The zero-order valence-corrected chi connectivity index (χ0v) is 10.9. The fraction of sp³-hybridized carbons (Fsp3) is 0.286. The molecule has 0 spiro atoms. The van der Waals surface area contributed by atoms with Crippen LogP contribution in [0.2, 0.25) is 0 Å². The van der Waals surface area contributed by atoms with E-state index < -0.39 is 0 Å². The average molecular weight is 272 g/mol. The van der Waals surface area contributed by atoms with Crippen molar-refractivity contribution in [2.75, 3.05) is 18.5 Å². The molecule has 1 aliphatic rings. The van der Waals surface area contributed by atoms with E-state index in [1.165, 1.54) is 0 Å². The number of amides is 1. The van der Waals surface area contributed by atoms with Crippen molar-refractivity contribution in [2.45, 2.75) is 6.04 Å². The van der Waals surface area contributed by atoms with Gasteiger partial charge in [0.05, 0.1) is 36.8 Å². The van der Waals surface area contributed by atoms with Gasteiger partial charge >= 0.3 is 0 Å². The summed E-state index contributed by atoms with van der Waals surface area (Å²) in [5.74, 6) is -0.409. The quantitative estimate of drug-likeness (QED) is 0.865. The second kappa shape index (κ2) is 5.44.